The summed E-state index contributed by atoms with van der Waals surface area (Å²) in [7, 11) is 0. The van der Waals surface area contributed by atoms with Gasteiger partial charge >= 0.3 is 0 Å². The number of benzene rings is 2. The molecule has 0 radical (unpaired) electrons. The maximum atomic E-state index is 6.11. The Balaban J connectivity index is 1.68. The summed E-state index contributed by atoms with van der Waals surface area (Å²) in [6.45, 7) is 0.218. The lowest BCUT2D eigenvalue weighted by Crippen LogP contribution is -1.95. The second kappa shape index (κ2) is 6.85. The number of hydrogen-bond donors (Lipinski definition) is 0. The molecule has 22 heavy (non-hydrogen) atoms. The van der Waals surface area contributed by atoms with E-state index in [1.807, 2.05) is 48.7 Å². The summed E-state index contributed by atoms with van der Waals surface area (Å²) < 4.78 is 11.2. The molecule has 0 aliphatic carbocycles. The summed E-state index contributed by atoms with van der Waals surface area (Å²) in [4.78, 5) is 1.19. The summed E-state index contributed by atoms with van der Waals surface area (Å²) in [5, 5.41) is 8.56. The van der Waals surface area contributed by atoms with Crippen LogP contribution in [0.4, 0.5) is 0 Å². The quantitative estimate of drug-likeness (QED) is 0.634. The summed E-state index contributed by atoms with van der Waals surface area (Å²) >= 11 is 7.79. The summed E-state index contributed by atoms with van der Waals surface area (Å²) in [6.07, 6.45) is 2.03. The minimum absolute atomic E-state index is 0.218. The van der Waals surface area contributed by atoms with Crippen LogP contribution in [-0.4, -0.2) is 16.5 Å². The number of rotatable bonds is 5. The van der Waals surface area contributed by atoms with Crippen molar-refractivity contribution in [3.05, 3.63) is 59.4 Å². The maximum absolute atomic E-state index is 6.11. The number of aromatic nitrogens is 2. The van der Waals surface area contributed by atoms with Gasteiger partial charge in [0.1, 0.15) is 5.75 Å². The fourth-order valence-electron chi connectivity index (χ4n) is 1.87. The van der Waals surface area contributed by atoms with Crippen LogP contribution in [0.5, 0.6) is 5.75 Å². The van der Waals surface area contributed by atoms with E-state index in [1.165, 1.54) is 4.90 Å². The zero-order chi connectivity index (χ0) is 15.4. The first-order valence-electron chi connectivity index (χ1n) is 6.60. The van der Waals surface area contributed by atoms with Crippen molar-refractivity contribution in [1.29, 1.82) is 0 Å². The van der Waals surface area contributed by atoms with Crippen LogP contribution < -0.4 is 4.74 Å². The fourth-order valence-corrected chi connectivity index (χ4v) is 2.50. The number of halogens is 1. The van der Waals surface area contributed by atoms with E-state index >= 15 is 0 Å². The Labute approximate surface area is 137 Å². The van der Waals surface area contributed by atoms with E-state index in [0.717, 1.165) is 5.75 Å². The Morgan fingerprint density at radius 3 is 2.59 bits per heavy atom. The van der Waals surface area contributed by atoms with E-state index < -0.39 is 0 Å². The Hall–Kier alpha value is -1.98. The van der Waals surface area contributed by atoms with Crippen LogP contribution >= 0.6 is 23.4 Å². The summed E-state index contributed by atoms with van der Waals surface area (Å²) in [6, 6.07) is 15.2. The summed E-state index contributed by atoms with van der Waals surface area (Å²) in [5.74, 6) is 1.56. The van der Waals surface area contributed by atoms with E-state index in [4.69, 9.17) is 20.8 Å². The van der Waals surface area contributed by atoms with Crippen LogP contribution in [0.15, 0.2) is 57.8 Å². The number of nitrogens with zero attached hydrogens (tertiary/aromatic N) is 2. The smallest absolute Gasteiger partial charge is 0.254 e. The standard InChI is InChI=1S/C16H13ClN2O2S/c1-22-12-8-6-11(7-9-12)20-10-15-18-19-16(21-15)13-4-2-3-5-14(13)17/h2-9H,10H2,1H3. The highest BCUT2D eigenvalue weighted by Gasteiger charge is 2.11. The van der Waals surface area contributed by atoms with E-state index in [1.54, 1.807) is 17.8 Å². The van der Waals surface area contributed by atoms with Gasteiger partial charge in [0.15, 0.2) is 6.61 Å². The molecule has 0 amide bonds. The van der Waals surface area contributed by atoms with Crippen molar-refractivity contribution in [3.63, 3.8) is 0 Å². The van der Waals surface area contributed by atoms with Gasteiger partial charge in [0.05, 0.1) is 10.6 Å². The second-order valence-corrected chi connectivity index (χ2v) is 5.73. The van der Waals surface area contributed by atoms with Gasteiger partial charge in [-0.15, -0.1) is 22.0 Å². The SMILES string of the molecule is CSc1ccc(OCc2nnc(-c3ccccc3Cl)o2)cc1. The van der Waals surface area contributed by atoms with Gasteiger partial charge in [-0.2, -0.15) is 0 Å². The average molecular weight is 333 g/mol. The molecule has 0 atom stereocenters. The highest BCUT2D eigenvalue weighted by Crippen LogP contribution is 2.26. The second-order valence-electron chi connectivity index (χ2n) is 4.45. The van der Waals surface area contributed by atoms with Crippen molar-refractivity contribution < 1.29 is 9.15 Å². The molecule has 2 aromatic carbocycles. The Morgan fingerprint density at radius 2 is 1.86 bits per heavy atom. The van der Waals surface area contributed by atoms with Crippen LogP contribution in [-0.2, 0) is 6.61 Å². The third-order valence-corrected chi connectivity index (χ3v) is 4.07. The Bertz CT molecular complexity index is 759. The molecule has 0 unspecified atom stereocenters. The lowest BCUT2D eigenvalue weighted by molar-refractivity contribution is 0.264. The normalized spacial score (nSPS) is 10.6. The molecule has 0 N–H and O–H groups in total. The molecule has 3 rings (SSSR count). The molecular weight excluding hydrogens is 320 g/mol. The molecule has 4 nitrogen and oxygen atoms in total. The molecule has 112 valence electrons. The summed E-state index contributed by atoms with van der Waals surface area (Å²) in [5.41, 5.74) is 0.715. The first kappa shape index (κ1) is 14.9. The highest BCUT2D eigenvalue weighted by atomic mass is 35.5. The van der Waals surface area contributed by atoms with E-state index in [-0.39, 0.29) is 6.61 Å². The molecule has 0 saturated carbocycles. The first-order valence-corrected chi connectivity index (χ1v) is 8.20. The Kier molecular flexibility index (Phi) is 4.65. The van der Waals surface area contributed by atoms with Crippen molar-refractivity contribution in [1.82, 2.24) is 10.2 Å². The number of thioether (sulfide) groups is 1. The molecule has 0 spiro atoms. The molecule has 0 aliphatic heterocycles. The van der Waals surface area contributed by atoms with Gasteiger partial charge < -0.3 is 9.15 Å². The van der Waals surface area contributed by atoms with Crippen LogP contribution in [0.2, 0.25) is 5.02 Å². The molecule has 0 aliphatic rings. The zero-order valence-electron chi connectivity index (χ0n) is 11.8. The van der Waals surface area contributed by atoms with Crippen LogP contribution in [0.25, 0.3) is 11.5 Å². The first-order chi connectivity index (χ1) is 10.8. The van der Waals surface area contributed by atoms with E-state index in [0.29, 0.717) is 22.4 Å². The largest absolute Gasteiger partial charge is 0.484 e. The Morgan fingerprint density at radius 1 is 1.09 bits per heavy atom. The van der Waals surface area contributed by atoms with Crippen LogP contribution in [0.3, 0.4) is 0 Å². The number of hydrogen-bond acceptors (Lipinski definition) is 5. The molecule has 1 heterocycles. The average Bonchev–Trinajstić information content (AvgIpc) is 3.02. The molecule has 0 bridgehead atoms. The monoisotopic (exact) mass is 332 g/mol. The van der Waals surface area contributed by atoms with Gasteiger partial charge in [0.2, 0.25) is 5.89 Å². The van der Waals surface area contributed by atoms with Gasteiger partial charge in [0.25, 0.3) is 5.89 Å². The van der Waals surface area contributed by atoms with Crippen molar-refractivity contribution in [2.45, 2.75) is 11.5 Å². The highest BCUT2D eigenvalue weighted by molar-refractivity contribution is 7.98. The van der Waals surface area contributed by atoms with Gasteiger partial charge in [0, 0.05) is 4.90 Å². The van der Waals surface area contributed by atoms with Gasteiger partial charge in [-0.05, 0) is 42.7 Å². The van der Waals surface area contributed by atoms with Gasteiger partial charge in [-0.3, -0.25) is 0 Å². The molecule has 0 fully saturated rings. The van der Waals surface area contributed by atoms with Gasteiger partial charge in [-0.25, -0.2) is 0 Å². The maximum Gasteiger partial charge on any atom is 0.254 e. The minimum Gasteiger partial charge on any atom is -0.484 e. The van der Waals surface area contributed by atoms with E-state index in [2.05, 4.69) is 10.2 Å². The predicted molar refractivity (Wildman–Crippen MR) is 87.3 cm³/mol. The molecular formula is C16H13ClN2O2S. The third kappa shape index (κ3) is 3.43. The van der Waals surface area contributed by atoms with Gasteiger partial charge in [-0.1, -0.05) is 23.7 Å². The lowest BCUT2D eigenvalue weighted by Gasteiger charge is -2.03. The van der Waals surface area contributed by atoms with Crippen molar-refractivity contribution in [3.8, 4) is 17.2 Å². The molecule has 3 aromatic rings. The fraction of sp³-hybridized carbons (Fsp3) is 0.125. The van der Waals surface area contributed by atoms with Crippen LogP contribution in [0.1, 0.15) is 5.89 Å². The molecule has 1 aromatic heterocycles. The van der Waals surface area contributed by atoms with E-state index in [9.17, 15) is 0 Å². The topological polar surface area (TPSA) is 48.2 Å². The number of ether oxygens (including phenoxy) is 1. The molecule has 6 heteroatoms. The lowest BCUT2D eigenvalue weighted by atomic mass is 10.2. The van der Waals surface area contributed by atoms with Crippen molar-refractivity contribution >= 4 is 23.4 Å². The zero-order valence-corrected chi connectivity index (χ0v) is 13.4. The van der Waals surface area contributed by atoms with Crippen LogP contribution in [0, 0.1) is 0 Å². The van der Waals surface area contributed by atoms with Crippen molar-refractivity contribution in [2.75, 3.05) is 6.26 Å². The third-order valence-electron chi connectivity index (χ3n) is 2.99. The minimum atomic E-state index is 0.218. The van der Waals surface area contributed by atoms with Crippen molar-refractivity contribution in [2.24, 2.45) is 0 Å². The predicted octanol–water partition coefficient (Wildman–Crippen LogP) is 4.69. The molecule has 0 saturated heterocycles.